The molecule has 1 aliphatic heterocycles. The quantitative estimate of drug-likeness (QED) is 0.428. The number of aldehydes is 1. The molecule has 0 spiro atoms. The Bertz CT molecular complexity index is 1240. The van der Waals surface area contributed by atoms with Crippen molar-refractivity contribution in [1.29, 1.82) is 0 Å². The number of amidine groups is 2. The maximum atomic E-state index is 11.0. The van der Waals surface area contributed by atoms with E-state index < -0.39 is 0 Å². The molecule has 0 bridgehead atoms. The van der Waals surface area contributed by atoms with E-state index in [2.05, 4.69) is 23.5 Å². The highest BCUT2D eigenvalue weighted by Crippen LogP contribution is 2.28. The Kier molecular flexibility index (Phi) is 5.41. The number of nitrogens with zero attached hydrogens (tertiary/aromatic N) is 2. The summed E-state index contributed by atoms with van der Waals surface area (Å²) in [6, 6.07) is 36.0. The summed E-state index contributed by atoms with van der Waals surface area (Å²) >= 11 is 0. The van der Waals surface area contributed by atoms with Gasteiger partial charge in [-0.3, -0.25) is 4.79 Å². The lowest BCUT2D eigenvalue weighted by Gasteiger charge is -2.22. The van der Waals surface area contributed by atoms with E-state index in [1.165, 1.54) is 0 Å². The normalized spacial score (nSPS) is 13.6. The Morgan fingerprint density at radius 1 is 0.594 bits per heavy atom. The zero-order valence-corrected chi connectivity index (χ0v) is 17.3. The topological polar surface area (TPSA) is 53.8 Å². The van der Waals surface area contributed by atoms with E-state index >= 15 is 0 Å². The molecule has 0 radical (unpaired) electrons. The second-order valence-electron chi connectivity index (χ2n) is 7.55. The Balaban J connectivity index is 1.56. The highest BCUT2D eigenvalue weighted by Gasteiger charge is 2.20. The minimum absolute atomic E-state index is 0.365. The predicted molar refractivity (Wildman–Crippen MR) is 129 cm³/mol. The Labute approximate surface area is 187 Å². The van der Waals surface area contributed by atoms with Crippen molar-refractivity contribution in [3.05, 3.63) is 131 Å². The van der Waals surface area contributed by atoms with Crippen LogP contribution in [-0.4, -0.2) is 18.0 Å². The summed E-state index contributed by atoms with van der Waals surface area (Å²) < 4.78 is 0. The molecule has 0 fully saturated rings. The van der Waals surface area contributed by atoms with Gasteiger partial charge in [0.2, 0.25) is 0 Å². The van der Waals surface area contributed by atoms with Crippen LogP contribution >= 0.6 is 0 Å². The van der Waals surface area contributed by atoms with Gasteiger partial charge in [-0.15, -0.1) is 0 Å². The molecule has 0 aliphatic carbocycles. The van der Waals surface area contributed by atoms with Crippen LogP contribution in [-0.2, 0) is 0 Å². The summed E-state index contributed by atoms with van der Waals surface area (Å²) in [5.74, 6) is 1.59. The van der Waals surface area contributed by atoms with Crippen molar-refractivity contribution in [2.45, 2.75) is 6.17 Å². The molecule has 0 unspecified atom stereocenters. The standard InChI is InChI=1S/C28H21N3O/c32-19-20-14-16-21(17-15-20)24-12-7-13-25(18-24)28-30-26(22-8-3-1-4-9-22)29-27(31-28)23-10-5-2-6-11-23/h1-19,28H,(H,29,30,31). The Hall–Kier alpha value is -4.31. The second kappa shape index (κ2) is 8.82. The van der Waals surface area contributed by atoms with Crippen molar-refractivity contribution in [2.75, 3.05) is 0 Å². The van der Waals surface area contributed by atoms with Crippen LogP contribution < -0.4 is 5.32 Å². The summed E-state index contributed by atoms with van der Waals surface area (Å²) in [4.78, 5) is 20.8. The van der Waals surface area contributed by atoms with E-state index in [4.69, 9.17) is 9.98 Å². The minimum atomic E-state index is -0.365. The molecule has 4 nitrogen and oxygen atoms in total. The number of carbonyl (C=O) groups excluding carboxylic acids is 1. The number of hydrogen-bond acceptors (Lipinski definition) is 4. The number of carbonyl (C=O) groups is 1. The van der Waals surface area contributed by atoms with E-state index in [1.54, 1.807) is 0 Å². The van der Waals surface area contributed by atoms with Gasteiger partial charge in [-0.05, 0) is 22.8 Å². The molecule has 0 saturated heterocycles. The van der Waals surface area contributed by atoms with Crippen molar-refractivity contribution in [3.8, 4) is 11.1 Å². The molecule has 0 saturated carbocycles. The molecule has 154 valence electrons. The second-order valence-corrected chi connectivity index (χ2v) is 7.55. The van der Waals surface area contributed by atoms with Crippen LogP contribution in [0.4, 0.5) is 0 Å². The highest BCUT2D eigenvalue weighted by molar-refractivity contribution is 6.15. The average Bonchev–Trinajstić information content (AvgIpc) is 2.89. The van der Waals surface area contributed by atoms with E-state index in [0.717, 1.165) is 45.8 Å². The smallest absolute Gasteiger partial charge is 0.169 e. The predicted octanol–water partition coefficient (Wildman–Crippen LogP) is 5.66. The number of rotatable bonds is 5. The lowest BCUT2D eigenvalue weighted by atomic mass is 10.0. The lowest BCUT2D eigenvalue weighted by Crippen LogP contribution is -2.35. The zero-order valence-electron chi connectivity index (χ0n) is 17.3. The minimum Gasteiger partial charge on any atom is -0.324 e. The number of benzene rings is 4. The molecular formula is C28H21N3O. The van der Waals surface area contributed by atoms with Gasteiger partial charge in [0.05, 0.1) is 0 Å². The van der Waals surface area contributed by atoms with Crippen LogP contribution in [0.3, 0.4) is 0 Å². The lowest BCUT2D eigenvalue weighted by molar-refractivity contribution is 0.112. The molecule has 1 aliphatic rings. The third-order valence-corrected chi connectivity index (χ3v) is 5.40. The molecule has 0 amide bonds. The molecule has 0 atom stereocenters. The molecule has 4 heteroatoms. The van der Waals surface area contributed by atoms with Crippen molar-refractivity contribution in [1.82, 2.24) is 5.32 Å². The molecule has 0 aromatic heterocycles. The van der Waals surface area contributed by atoms with Crippen LogP contribution in [0.1, 0.15) is 33.2 Å². The fraction of sp³-hybridized carbons (Fsp3) is 0.0357. The van der Waals surface area contributed by atoms with Gasteiger partial charge in [-0.2, -0.15) is 0 Å². The molecule has 4 aromatic rings. The third-order valence-electron chi connectivity index (χ3n) is 5.40. The summed E-state index contributed by atoms with van der Waals surface area (Å²) in [5.41, 5.74) is 5.81. The van der Waals surface area contributed by atoms with Gasteiger partial charge < -0.3 is 5.32 Å². The SMILES string of the molecule is O=Cc1ccc(-c2cccc(C3N=C(c4ccccc4)NC(c4ccccc4)=N3)c2)cc1. The largest absolute Gasteiger partial charge is 0.324 e. The van der Waals surface area contributed by atoms with Crippen molar-refractivity contribution in [3.63, 3.8) is 0 Å². The van der Waals surface area contributed by atoms with E-state index in [0.29, 0.717) is 5.56 Å². The van der Waals surface area contributed by atoms with Crippen molar-refractivity contribution >= 4 is 18.0 Å². The highest BCUT2D eigenvalue weighted by atomic mass is 16.1. The van der Waals surface area contributed by atoms with Crippen molar-refractivity contribution < 1.29 is 4.79 Å². The van der Waals surface area contributed by atoms with Gasteiger partial charge in [0.25, 0.3) is 0 Å². The summed E-state index contributed by atoms with van der Waals surface area (Å²) in [6.07, 6.45) is 0.491. The van der Waals surface area contributed by atoms with Gasteiger partial charge in [0.15, 0.2) is 6.17 Å². The maximum Gasteiger partial charge on any atom is 0.169 e. The van der Waals surface area contributed by atoms with Crippen LogP contribution in [0.2, 0.25) is 0 Å². The van der Waals surface area contributed by atoms with E-state index in [9.17, 15) is 4.79 Å². The van der Waals surface area contributed by atoms with Crippen molar-refractivity contribution in [2.24, 2.45) is 9.98 Å². The molecular weight excluding hydrogens is 394 g/mol. The van der Waals surface area contributed by atoms with Crippen LogP contribution in [0.15, 0.2) is 119 Å². The first-order valence-corrected chi connectivity index (χ1v) is 10.5. The first kappa shape index (κ1) is 19.6. The van der Waals surface area contributed by atoms with Gasteiger partial charge >= 0.3 is 0 Å². The fourth-order valence-corrected chi connectivity index (χ4v) is 3.72. The number of hydrogen-bond donors (Lipinski definition) is 1. The first-order chi connectivity index (χ1) is 15.8. The number of nitrogens with one attached hydrogen (secondary N) is 1. The van der Waals surface area contributed by atoms with Crippen LogP contribution in [0.5, 0.6) is 0 Å². The van der Waals surface area contributed by atoms with Gasteiger partial charge in [0.1, 0.15) is 18.0 Å². The average molecular weight is 415 g/mol. The van der Waals surface area contributed by atoms with E-state index in [-0.39, 0.29) is 6.17 Å². The Morgan fingerprint density at radius 3 is 1.72 bits per heavy atom. The van der Waals surface area contributed by atoms with E-state index in [1.807, 2.05) is 91.0 Å². The van der Waals surface area contributed by atoms with Gasteiger partial charge in [0, 0.05) is 16.7 Å². The van der Waals surface area contributed by atoms with Crippen LogP contribution in [0, 0.1) is 0 Å². The number of aliphatic imine (C=N–C) groups is 2. The molecule has 4 aromatic carbocycles. The molecule has 5 rings (SSSR count). The summed E-state index contributed by atoms with van der Waals surface area (Å²) in [6.45, 7) is 0. The summed E-state index contributed by atoms with van der Waals surface area (Å²) in [7, 11) is 0. The monoisotopic (exact) mass is 415 g/mol. The maximum absolute atomic E-state index is 11.0. The zero-order chi connectivity index (χ0) is 21.8. The van der Waals surface area contributed by atoms with Gasteiger partial charge in [-0.1, -0.05) is 103 Å². The third kappa shape index (κ3) is 4.12. The molecule has 1 N–H and O–H groups in total. The molecule has 32 heavy (non-hydrogen) atoms. The van der Waals surface area contributed by atoms with Gasteiger partial charge in [-0.25, -0.2) is 9.98 Å². The fourth-order valence-electron chi connectivity index (χ4n) is 3.72. The Morgan fingerprint density at radius 2 is 1.16 bits per heavy atom. The first-order valence-electron chi connectivity index (χ1n) is 10.5. The molecule has 1 heterocycles. The van der Waals surface area contributed by atoms with Crippen LogP contribution in [0.25, 0.3) is 11.1 Å². The summed E-state index contributed by atoms with van der Waals surface area (Å²) in [5, 5.41) is 3.41.